The van der Waals surface area contributed by atoms with Crippen molar-refractivity contribution in [2.45, 2.75) is 38.3 Å². The summed E-state index contributed by atoms with van der Waals surface area (Å²) < 4.78 is 10.5. The lowest BCUT2D eigenvalue weighted by atomic mass is 10.1. The smallest absolute Gasteiger partial charge is 0.339 e. The van der Waals surface area contributed by atoms with Crippen LogP contribution in [0.3, 0.4) is 0 Å². The molecule has 1 atom stereocenters. The second-order valence-electron chi connectivity index (χ2n) is 5.29. The van der Waals surface area contributed by atoms with Gasteiger partial charge in [0.1, 0.15) is 11.3 Å². The highest BCUT2D eigenvalue weighted by Crippen LogP contribution is 2.20. The lowest BCUT2D eigenvalue weighted by Crippen LogP contribution is -2.24. The maximum absolute atomic E-state index is 11.8. The van der Waals surface area contributed by atoms with E-state index in [0.29, 0.717) is 18.7 Å². The Hall–Kier alpha value is -2.08. The first-order valence-electron chi connectivity index (χ1n) is 7.38. The van der Waals surface area contributed by atoms with Gasteiger partial charge in [-0.1, -0.05) is 6.07 Å². The largest absolute Gasteiger partial charge is 0.496 e. The Kier molecular flexibility index (Phi) is 5.77. The lowest BCUT2D eigenvalue weighted by Gasteiger charge is -2.10. The molecule has 2 N–H and O–H groups in total. The third-order valence-electron chi connectivity index (χ3n) is 3.70. The molecule has 0 aliphatic carbocycles. The Morgan fingerprint density at radius 3 is 2.91 bits per heavy atom. The highest BCUT2D eigenvalue weighted by molar-refractivity contribution is 5.91. The van der Waals surface area contributed by atoms with Gasteiger partial charge >= 0.3 is 5.97 Å². The summed E-state index contributed by atoms with van der Waals surface area (Å²) in [5, 5.41) is 11.9. The molecule has 1 heterocycles. The number of carboxylic acid groups (broad SMARTS) is 1. The number of carboxylic acids is 1. The molecule has 22 heavy (non-hydrogen) atoms. The van der Waals surface area contributed by atoms with Crippen LogP contribution in [0.15, 0.2) is 18.2 Å². The molecule has 0 spiro atoms. The number of nitrogens with one attached hydrogen (secondary N) is 1. The number of rotatable bonds is 7. The van der Waals surface area contributed by atoms with Crippen molar-refractivity contribution in [2.75, 3.05) is 13.7 Å². The molecule has 1 aromatic rings. The molecule has 1 fully saturated rings. The fourth-order valence-electron chi connectivity index (χ4n) is 2.49. The summed E-state index contributed by atoms with van der Waals surface area (Å²) in [4.78, 5) is 22.9. The molecule has 0 bridgehead atoms. The van der Waals surface area contributed by atoms with E-state index < -0.39 is 5.97 Å². The number of methoxy groups -OCH3 is 1. The molecule has 1 saturated heterocycles. The van der Waals surface area contributed by atoms with Gasteiger partial charge in [-0.3, -0.25) is 4.79 Å². The van der Waals surface area contributed by atoms with Gasteiger partial charge in [0.15, 0.2) is 0 Å². The van der Waals surface area contributed by atoms with Crippen LogP contribution >= 0.6 is 0 Å². The number of aromatic carboxylic acids is 1. The van der Waals surface area contributed by atoms with E-state index in [-0.39, 0.29) is 17.6 Å². The number of carbonyl (C=O) groups excluding carboxylic acids is 1. The zero-order valence-corrected chi connectivity index (χ0v) is 12.6. The molecule has 1 aliphatic heterocycles. The van der Waals surface area contributed by atoms with Gasteiger partial charge in [-0.15, -0.1) is 0 Å². The molecule has 0 saturated carbocycles. The van der Waals surface area contributed by atoms with Crippen LogP contribution < -0.4 is 10.1 Å². The summed E-state index contributed by atoms with van der Waals surface area (Å²) in [6, 6.07) is 4.85. The van der Waals surface area contributed by atoms with Crippen molar-refractivity contribution in [3.05, 3.63) is 29.3 Å². The van der Waals surface area contributed by atoms with Crippen molar-refractivity contribution in [1.29, 1.82) is 0 Å². The zero-order chi connectivity index (χ0) is 15.9. The molecule has 1 amide bonds. The van der Waals surface area contributed by atoms with E-state index in [1.807, 2.05) is 0 Å². The fourth-order valence-corrected chi connectivity index (χ4v) is 2.49. The second kappa shape index (κ2) is 7.79. The minimum absolute atomic E-state index is 0.0526. The van der Waals surface area contributed by atoms with Gasteiger partial charge < -0.3 is 19.9 Å². The molecule has 0 radical (unpaired) electrons. The first-order valence-corrected chi connectivity index (χ1v) is 7.38. The van der Waals surface area contributed by atoms with Gasteiger partial charge in [0.05, 0.1) is 13.2 Å². The molecule has 0 unspecified atom stereocenters. The predicted octanol–water partition coefficient (Wildman–Crippen LogP) is 1.97. The SMILES string of the molecule is COc1ccc(CNC(=O)CC[C@@H]2CCCO2)cc1C(=O)O. The molecular weight excluding hydrogens is 286 g/mol. The van der Waals surface area contributed by atoms with Crippen molar-refractivity contribution in [2.24, 2.45) is 0 Å². The molecule has 2 rings (SSSR count). The van der Waals surface area contributed by atoms with E-state index in [9.17, 15) is 9.59 Å². The Morgan fingerprint density at radius 1 is 1.45 bits per heavy atom. The van der Waals surface area contributed by atoms with Gasteiger partial charge in [-0.25, -0.2) is 4.79 Å². The van der Waals surface area contributed by atoms with Crippen molar-refractivity contribution >= 4 is 11.9 Å². The molecular formula is C16H21NO5. The van der Waals surface area contributed by atoms with Crippen LogP contribution in [0, 0.1) is 0 Å². The third-order valence-corrected chi connectivity index (χ3v) is 3.70. The summed E-state index contributed by atoms with van der Waals surface area (Å²) in [6.07, 6.45) is 3.44. The van der Waals surface area contributed by atoms with Crippen molar-refractivity contribution in [3.8, 4) is 5.75 Å². The van der Waals surface area contributed by atoms with Gasteiger partial charge in [0.25, 0.3) is 0 Å². The molecule has 1 aliphatic rings. The van der Waals surface area contributed by atoms with Crippen molar-refractivity contribution in [1.82, 2.24) is 5.32 Å². The summed E-state index contributed by atoms with van der Waals surface area (Å²) >= 11 is 0. The Morgan fingerprint density at radius 2 is 2.27 bits per heavy atom. The topological polar surface area (TPSA) is 84.9 Å². The quantitative estimate of drug-likeness (QED) is 0.804. The zero-order valence-electron chi connectivity index (χ0n) is 12.6. The van der Waals surface area contributed by atoms with E-state index >= 15 is 0 Å². The van der Waals surface area contributed by atoms with Crippen LogP contribution in [-0.4, -0.2) is 36.8 Å². The normalized spacial score (nSPS) is 17.2. The number of benzene rings is 1. The molecule has 6 nitrogen and oxygen atoms in total. The average Bonchev–Trinajstić information content (AvgIpc) is 3.04. The Labute approximate surface area is 129 Å². The van der Waals surface area contributed by atoms with Crippen molar-refractivity contribution < 1.29 is 24.2 Å². The van der Waals surface area contributed by atoms with Crippen LogP contribution in [0.25, 0.3) is 0 Å². The first-order chi connectivity index (χ1) is 10.6. The highest BCUT2D eigenvalue weighted by Gasteiger charge is 2.17. The van der Waals surface area contributed by atoms with Crippen LogP contribution in [0.2, 0.25) is 0 Å². The van der Waals surface area contributed by atoms with Gasteiger partial charge in [-0.2, -0.15) is 0 Å². The van der Waals surface area contributed by atoms with Gasteiger partial charge in [0, 0.05) is 19.6 Å². The fraction of sp³-hybridized carbons (Fsp3) is 0.500. The molecule has 120 valence electrons. The van der Waals surface area contributed by atoms with Crippen LogP contribution in [-0.2, 0) is 16.1 Å². The molecule has 6 heteroatoms. The number of amides is 1. The molecule has 0 aromatic heterocycles. The summed E-state index contributed by atoms with van der Waals surface area (Å²) in [7, 11) is 1.42. The highest BCUT2D eigenvalue weighted by atomic mass is 16.5. The number of hydrogen-bond acceptors (Lipinski definition) is 4. The average molecular weight is 307 g/mol. The number of hydrogen-bond donors (Lipinski definition) is 2. The maximum Gasteiger partial charge on any atom is 0.339 e. The minimum atomic E-state index is -1.05. The van der Waals surface area contributed by atoms with Crippen molar-refractivity contribution in [3.63, 3.8) is 0 Å². The van der Waals surface area contributed by atoms with E-state index in [4.69, 9.17) is 14.6 Å². The van der Waals surface area contributed by atoms with Gasteiger partial charge in [-0.05, 0) is 37.0 Å². The van der Waals surface area contributed by atoms with E-state index in [1.54, 1.807) is 12.1 Å². The van der Waals surface area contributed by atoms with E-state index in [1.165, 1.54) is 13.2 Å². The van der Waals surface area contributed by atoms with E-state index in [0.717, 1.165) is 31.4 Å². The number of carbonyl (C=O) groups is 2. The molecule has 1 aromatic carbocycles. The summed E-state index contributed by atoms with van der Waals surface area (Å²) in [5.41, 5.74) is 0.817. The van der Waals surface area contributed by atoms with Crippen LogP contribution in [0.5, 0.6) is 5.75 Å². The van der Waals surface area contributed by atoms with Crippen LogP contribution in [0.4, 0.5) is 0 Å². The third kappa shape index (κ3) is 4.46. The van der Waals surface area contributed by atoms with Crippen LogP contribution in [0.1, 0.15) is 41.6 Å². The monoisotopic (exact) mass is 307 g/mol. The Bertz CT molecular complexity index is 537. The van der Waals surface area contributed by atoms with Gasteiger partial charge in [0.2, 0.25) is 5.91 Å². The van der Waals surface area contributed by atoms with E-state index in [2.05, 4.69) is 5.32 Å². The standard InChI is InChI=1S/C16H21NO5/c1-21-14-6-4-11(9-13(14)16(19)20)10-17-15(18)7-5-12-3-2-8-22-12/h4,6,9,12H,2-3,5,7-8,10H2,1H3,(H,17,18)(H,19,20)/t12-/m0/s1. The Balaban J connectivity index is 1.84. The predicted molar refractivity (Wildman–Crippen MR) is 80.0 cm³/mol. The second-order valence-corrected chi connectivity index (χ2v) is 5.29. The first kappa shape index (κ1) is 16.3. The maximum atomic E-state index is 11.8. The summed E-state index contributed by atoms with van der Waals surface area (Å²) in [5.74, 6) is -0.799. The number of ether oxygens (including phenoxy) is 2. The summed E-state index contributed by atoms with van der Waals surface area (Å²) in [6.45, 7) is 1.09. The lowest BCUT2D eigenvalue weighted by molar-refractivity contribution is -0.121. The minimum Gasteiger partial charge on any atom is -0.496 e.